The number of hydrogen-bond donors (Lipinski definition) is 2. The molecule has 5 rings (SSSR count). The minimum absolute atomic E-state index is 0.0384. The average molecular weight is 540 g/mol. The summed E-state index contributed by atoms with van der Waals surface area (Å²) in [5.41, 5.74) is 1.55. The van der Waals surface area contributed by atoms with E-state index in [1.165, 1.54) is 29.8 Å². The lowest BCUT2D eigenvalue weighted by molar-refractivity contribution is -0.142. The van der Waals surface area contributed by atoms with E-state index < -0.39 is 35.9 Å². The van der Waals surface area contributed by atoms with Gasteiger partial charge in [0.05, 0.1) is 18.7 Å². The van der Waals surface area contributed by atoms with Gasteiger partial charge in [-0.15, -0.1) is 0 Å². The highest BCUT2D eigenvalue weighted by Gasteiger charge is 2.49. The number of aromatic nitrogens is 1. The van der Waals surface area contributed by atoms with Gasteiger partial charge in [-0.1, -0.05) is 18.2 Å². The maximum atomic E-state index is 15.3. The molecule has 1 saturated carbocycles. The predicted octanol–water partition coefficient (Wildman–Crippen LogP) is 3.66. The van der Waals surface area contributed by atoms with Crippen LogP contribution < -0.4 is 5.32 Å². The fourth-order valence-corrected chi connectivity index (χ4v) is 5.12. The summed E-state index contributed by atoms with van der Waals surface area (Å²) in [6, 6.07) is 8.10. The molecule has 1 aliphatic carbocycles. The van der Waals surface area contributed by atoms with Gasteiger partial charge in [-0.2, -0.15) is 0 Å². The van der Waals surface area contributed by atoms with Crippen LogP contribution in [0.1, 0.15) is 41.3 Å². The summed E-state index contributed by atoms with van der Waals surface area (Å²) in [6.45, 7) is 2.57. The van der Waals surface area contributed by atoms with Crippen molar-refractivity contribution in [3.8, 4) is 5.75 Å². The number of ether oxygens (including phenoxy) is 1. The van der Waals surface area contributed by atoms with Crippen molar-refractivity contribution in [2.75, 3.05) is 13.2 Å². The number of nitrogens with zero attached hydrogens (tertiary/aromatic N) is 2. The van der Waals surface area contributed by atoms with E-state index in [1.807, 2.05) is 0 Å². The maximum absolute atomic E-state index is 15.3. The van der Waals surface area contributed by atoms with Crippen molar-refractivity contribution in [1.29, 1.82) is 0 Å². The lowest BCUT2D eigenvalue weighted by Gasteiger charge is -2.27. The molecule has 1 aromatic heterocycles. The van der Waals surface area contributed by atoms with Crippen molar-refractivity contribution in [2.24, 2.45) is 5.92 Å². The zero-order valence-corrected chi connectivity index (χ0v) is 21.8. The number of alkyl halides is 1. The molecule has 2 N–H and O–H groups in total. The van der Waals surface area contributed by atoms with E-state index in [2.05, 4.69) is 5.32 Å². The molecule has 39 heavy (non-hydrogen) atoms. The third-order valence-corrected chi connectivity index (χ3v) is 7.46. The van der Waals surface area contributed by atoms with Crippen LogP contribution in [0, 0.1) is 18.7 Å². The monoisotopic (exact) mass is 539 g/mol. The van der Waals surface area contributed by atoms with Crippen LogP contribution >= 0.6 is 0 Å². The van der Waals surface area contributed by atoms with Crippen molar-refractivity contribution in [3.63, 3.8) is 0 Å². The standard InChI is InChI=1S/C29H31F2N3O5/c1-16-4-3-5-19(26(16)31)11-32-29(38)27-28(39-15-18-6-7-18)23(30)13-34(27)25(37)14-33-12-22(17(2)35)21-9-8-20(36)10-24(21)33/h3-5,8-10,12,18,23,27-28,36H,6-7,11,13-15H2,1-2H3,(H,32,38)/t23-,27-,28+/m0/s1. The van der Waals surface area contributed by atoms with Gasteiger partial charge < -0.3 is 24.6 Å². The fraction of sp³-hybridized carbons (Fsp3) is 0.414. The third kappa shape index (κ3) is 5.52. The van der Waals surface area contributed by atoms with Crippen LogP contribution in [0.4, 0.5) is 8.78 Å². The van der Waals surface area contributed by atoms with Gasteiger partial charge >= 0.3 is 0 Å². The molecule has 0 bridgehead atoms. The Hall–Kier alpha value is -3.79. The number of carbonyl (C=O) groups excluding carboxylic acids is 3. The molecule has 1 saturated heterocycles. The summed E-state index contributed by atoms with van der Waals surface area (Å²) in [7, 11) is 0. The van der Waals surface area contributed by atoms with E-state index in [9.17, 15) is 23.9 Å². The largest absolute Gasteiger partial charge is 0.508 e. The van der Waals surface area contributed by atoms with Gasteiger partial charge in [0.25, 0.3) is 0 Å². The highest BCUT2D eigenvalue weighted by molar-refractivity contribution is 6.07. The first kappa shape index (κ1) is 26.8. The Morgan fingerprint density at radius 3 is 2.67 bits per heavy atom. The van der Waals surface area contributed by atoms with E-state index in [-0.39, 0.29) is 36.7 Å². The number of aryl methyl sites for hydroxylation is 1. The van der Waals surface area contributed by atoms with Crippen LogP contribution in [-0.4, -0.2) is 63.6 Å². The van der Waals surface area contributed by atoms with Crippen LogP contribution in [0.5, 0.6) is 5.75 Å². The lowest BCUT2D eigenvalue weighted by Crippen LogP contribution is -2.51. The first-order valence-corrected chi connectivity index (χ1v) is 13.0. The highest BCUT2D eigenvalue weighted by atomic mass is 19.1. The molecule has 2 amide bonds. The number of benzene rings is 2. The molecule has 2 fully saturated rings. The second-order valence-electron chi connectivity index (χ2n) is 10.4. The van der Waals surface area contributed by atoms with Crippen molar-refractivity contribution in [2.45, 2.75) is 58.1 Å². The molecule has 3 atom stereocenters. The van der Waals surface area contributed by atoms with Crippen molar-refractivity contribution < 1.29 is 33.0 Å². The Bertz CT molecular complexity index is 1430. The Morgan fingerprint density at radius 1 is 1.18 bits per heavy atom. The van der Waals surface area contributed by atoms with Gasteiger partial charge in [0.15, 0.2) is 5.78 Å². The number of halogens is 2. The van der Waals surface area contributed by atoms with Crippen LogP contribution in [0.25, 0.3) is 10.9 Å². The SMILES string of the molecule is CC(=O)c1cn(CC(=O)N2C[C@H](F)[C@@H](OCC3CC3)[C@H]2C(=O)NCc2cccc(C)c2F)c2cc(O)ccc12. The van der Waals surface area contributed by atoms with Gasteiger partial charge in [0, 0.05) is 35.3 Å². The molecule has 1 aliphatic heterocycles. The number of likely N-dealkylation sites (tertiary alicyclic amines) is 1. The van der Waals surface area contributed by atoms with Gasteiger partial charge in [0.1, 0.15) is 36.4 Å². The normalized spacial score (nSPS) is 20.9. The lowest BCUT2D eigenvalue weighted by atomic mass is 10.1. The topological polar surface area (TPSA) is 101 Å². The van der Waals surface area contributed by atoms with E-state index in [1.54, 1.807) is 31.2 Å². The number of fused-ring (bicyclic) bond motifs is 1. The second kappa shape index (κ2) is 10.8. The Labute approximate surface area is 224 Å². The second-order valence-corrected chi connectivity index (χ2v) is 10.4. The number of amides is 2. The molecule has 10 heteroatoms. The van der Waals surface area contributed by atoms with E-state index >= 15 is 4.39 Å². The number of hydrogen-bond acceptors (Lipinski definition) is 5. The summed E-state index contributed by atoms with van der Waals surface area (Å²) in [6.07, 6.45) is 0.723. The molecule has 0 unspecified atom stereocenters. The van der Waals surface area contributed by atoms with Gasteiger partial charge in [-0.25, -0.2) is 8.78 Å². The molecule has 0 spiro atoms. The number of nitrogens with one attached hydrogen (secondary N) is 1. The van der Waals surface area contributed by atoms with Crippen LogP contribution in [-0.2, 0) is 27.4 Å². The van der Waals surface area contributed by atoms with Crippen molar-refractivity contribution >= 4 is 28.5 Å². The van der Waals surface area contributed by atoms with Crippen LogP contribution in [0.2, 0.25) is 0 Å². The zero-order chi connectivity index (χ0) is 27.8. The summed E-state index contributed by atoms with van der Waals surface area (Å²) >= 11 is 0. The Kier molecular flexibility index (Phi) is 7.40. The molecule has 2 heterocycles. The third-order valence-electron chi connectivity index (χ3n) is 7.46. The molecular weight excluding hydrogens is 508 g/mol. The fourth-order valence-electron chi connectivity index (χ4n) is 5.12. The smallest absolute Gasteiger partial charge is 0.245 e. The number of ketones is 1. The predicted molar refractivity (Wildman–Crippen MR) is 139 cm³/mol. The summed E-state index contributed by atoms with van der Waals surface area (Å²) < 4.78 is 37.1. The van der Waals surface area contributed by atoms with Gasteiger partial charge in [0.2, 0.25) is 11.8 Å². The number of phenols is 1. The molecule has 2 aromatic carbocycles. The Morgan fingerprint density at radius 2 is 1.95 bits per heavy atom. The molecule has 206 valence electrons. The quantitative estimate of drug-likeness (QED) is 0.405. The van der Waals surface area contributed by atoms with Crippen molar-refractivity contribution in [3.05, 3.63) is 65.1 Å². The van der Waals surface area contributed by atoms with Crippen molar-refractivity contribution in [1.82, 2.24) is 14.8 Å². The minimum atomic E-state index is -1.59. The van der Waals surface area contributed by atoms with E-state index in [4.69, 9.17) is 4.74 Å². The number of carbonyl (C=O) groups is 3. The number of rotatable bonds is 9. The molecule has 8 nitrogen and oxygen atoms in total. The summed E-state index contributed by atoms with van der Waals surface area (Å²) in [5, 5.41) is 13.2. The van der Waals surface area contributed by atoms with E-state index in [0.717, 1.165) is 17.7 Å². The minimum Gasteiger partial charge on any atom is -0.508 e. The molecular formula is C29H31F2N3O5. The van der Waals surface area contributed by atoms with Gasteiger partial charge in [-0.05, 0) is 50.3 Å². The molecule has 3 aromatic rings. The average Bonchev–Trinajstić information content (AvgIpc) is 3.58. The highest BCUT2D eigenvalue weighted by Crippen LogP contribution is 2.33. The molecule has 2 aliphatic rings. The van der Waals surface area contributed by atoms with Crippen LogP contribution in [0.3, 0.4) is 0 Å². The summed E-state index contributed by atoms with van der Waals surface area (Å²) in [5.74, 6) is -1.56. The first-order valence-electron chi connectivity index (χ1n) is 13.0. The van der Waals surface area contributed by atoms with Gasteiger partial charge in [-0.3, -0.25) is 14.4 Å². The first-order chi connectivity index (χ1) is 18.6. The Balaban J connectivity index is 1.39. The van der Waals surface area contributed by atoms with Crippen LogP contribution in [0.15, 0.2) is 42.6 Å². The number of phenolic OH excluding ortho intramolecular Hbond substituents is 1. The maximum Gasteiger partial charge on any atom is 0.245 e. The number of Topliss-reactive ketones (excluding diaryl/α,β-unsaturated/α-hetero) is 1. The van der Waals surface area contributed by atoms with E-state index in [0.29, 0.717) is 34.6 Å². The molecule has 0 radical (unpaired) electrons. The zero-order valence-electron chi connectivity index (χ0n) is 21.8. The summed E-state index contributed by atoms with van der Waals surface area (Å²) in [4.78, 5) is 40.3. The number of aromatic hydroxyl groups is 1.